The number of rotatable bonds is 5. The van der Waals surface area contributed by atoms with Crippen LogP contribution >= 0.6 is 0 Å². The highest BCUT2D eigenvalue weighted by Crippen LogP contribution is 2.28. The second-order valence-electron chi connectivity index (χ2n) is 4.61. The number of hydrogen-bond donors (Lipinski definition) is 0. The van der Waals surface area contributed by atoms with Crippen LogP contribution in [0.1, 0.15) is 52.9 Å². The van der Waals surface area contributed by atoms with Crippen LogP contribution in [0, 0.1) is 5.92 Å². The molecule has 78 valence electrons. The topological polar surface area (TPSA) is 3.24 Å². The van der Waals surface area contributed by atoms with E-state index in [4.69, 9.17) is 0 Å². The molecule has 1 rings (SSSR count). The molecular weight excluding hydrogens is 158 g/mol. The fourth-order valence-corrected chi connectivity index (χ4v) is 2.56. The Morgan fingerprint density at radius 1 is 1.08 bits per heavy atom. The maximum absolute atomic E-state index is 2.71. The molecule has 1 saturated carbocycles. The molecule has 0 aromatic rings. The van der Waals surface area contributed by atoms with Crippen molar-refractivity contribution in [3.63, 3.8) is 0 Å². The average Bonchev–Trinajstić information content (AvgIpc) is 2.51. The summed E-state index contributed by atoms with van der Waals surface area (Å²) in [4.78, 5) is 2.71. The third-order valence-electron chi connectivity index (χ3n) is 3.21. The Morgan fingerprint density at radius 2 is 1.69 bits per heavy atom. The van der Waals surface area contributed by atoms with Crippen LogP contribution in [-0.2, 0) is 0 Å². The Labute approximate surface area is 83.5 Å². The number of hydrogen-bond acceptors (Lipinski definition) is 1. The van der Waals surface area contributed by atoms with E-state index in [1.807, 2.05) is 0 Å². The summed E-state index contributed by atoms with van der Waals surface area (Å²) >= 11 is 0. The van der Waals surface area contributed by atoms with Gasteiger partial charge >= 0.3 is 0 Å². The molecule has 0 aromatic heterocycles. The minimum atomic E-state index is 0.912. The van der Waals surface area contributed by atoms with Crippen molar-refractivity contribution < 1.29 is 0 Å². The van der Waals surface area contributed by atoms with Gasteiger partial charge in [0, 0.05) is 6.04 Å². The van der Waals surface area contributed by atoms with Gasteiger partial charge in [-0.1, -0.05) is 20.8 Å². The molecule has 1 aliphatic rings. The van der Waals surface area contributed by atoms with Crippen LogP contribution in [0.5, 0.6) is 0 Å². The molecule has 2 unspecified atom stereocenters. The van der Waals surface area contributed by atoms with Crippen molar-refractivity contribution in [3.05, 3.63) is 0 Å². The molecule has 0 N–H and O–H groups in total. The first-order valence-electron chi connectivity index (χ1n) is 6.02. The summed E-state index contributed by atoms with van der Waals surface area (Å²) in [7, 11) is 0. The molecule has 0 saturated heterocycles. The van der Waals surface area contributed by atoms with Gasteiger partial charge in [0.15, 0.2) is 0 Å². The quantitative estimate of drug-likeness (QED) is 0.632. The number of nitrogens with zero attached hydrogens (tertiary/aromatic N) is 1. The molecule has 1 heteroatoms. The third kappa shape index (κ3) is 3.30. The van der Waals surface area contributed by atoms with Gasteiger partial charge in [0.2, 0.25) is 0 Å². The molecule has 0 amide bonds. The molecule has 0 aromatic carbocycles. The van der Waals surface area contributed by atoms with E-state index >= 15 is 0 Å². The first-order chi connectivity index (χ1) is 6.27. The van der Waals surface area contributed by atoms with Gasteiger partial charge in [0.25, 0.3) is 0 Å². The SMILES string of the molecule is CCCN(CCC)C1CCC(C)C1. The lowest BCUT2D eigenvalue weighted by molar-refractivity contribution is 0.195. The highest BCUT2D eigenvalue weighted by Gasteiger charge is 2.25. The molecule has 1 fully saturated rings. The summed E-state index contributed by atoms with van der Waals surface area (Å²) in [6.45, 7) is 9.61. The summed E-state index contributed by atoms with van der Waals surface area (Å²) in [6, 6.07) is 0.912. The Bertz CT molecular complexity index is 127. The summed E-state index contributed by atoms with van der Waals surface area (Å²) in [5, 5.41) is 0. The van der Waals surface area contributed by atoms with Gasteiger partial charge in [-0.15, -0.1) is 0 Å². The van der Waals surface area contributed by atoms with Crippen LogP contribution in [0.4, 0.5) is 0 Å². The van der Waals surface area contributed by atoms with Gasteiger partial charge in [0.05, 0.1) is 0 Å². The van der Waals surface area contributed by atoms with E-state index in [0.29, 0.717) is 0 Å². The molecule has 0 spiro atoms. The van der Waals surface area contributed by atoms with Crippen molar-refractivity contribution in [2.45, 2.75) is 58.9 Å². The predicted octanol–water partition coefficient (Wildman–Crippen LogP) is 3.30. The Morgan fingerprint density at radius 3 is 2.08 bits per heavy atom. The molecule has 0 bridgehead atoms. The maximum atomic E-state index is 2.71. The highest BCUT2D eigenvalue weighted by atomic mass is 15.2. The molecule has 1 nitrogen and oxygen atoms in total. The van der Waals surface area contributed by atoms with Gasteiger partial charge in [-0.2, -0.15) is 0 Å². The zero-order valence-corrected chi connectivity index (χ0v) is 9.55. The van der Waals surface area contributed by atoms with E-state index < -0.39 is 0 Å². The van der Waals surface area contributed by atoms with Crippen LogP contribution in [-0.4, -0.2) is 24.0 Å². The minimum absolute atomic E-state index is 0.912. The summed E-state index contributed by atoms with van der Waals surface area (Å²) in [5.41, 5.74) is 0. The van der Waals surface area contributed by atoms with Gasteiger partial charge in [-0.25, -0.2) is 0 Å². The second-order valence-corrected chi connectivity index (χ2v) is 4.61. The minimum Gasteiger partial charge on any atom is -0.300 e. The molecule has 0 radical (unpaired) electrons. The van der Waals surface area contributed by atoms with E-state index in [1.165, 1.54) is 45.2 Å². The van der Waals surface area contributed by atoms with E-state index in [-0.39, 0.29) is 0 Å². The fourth-order valence-electron chi connectivity index (χ4n) is 2.56. The van der Waals surface area contributed by atoms with Crippen LogP contribution in [0.15, 0.2) is 0 Å². The van der Waals surface area contributed by atoms with E-state index in [0.717, 1.165) is 12.0 Å². The lowest BCUT2D eigenvalue weighted by atomic mass is 10.1. The van der Waals surface area contributed by atoms with Crippen molar-refractivity contribution in [2.24, 2.45) is 5.92 Å². The van der Waals surface area contributed by atoms with E-state index in [9.17, 15) is 0 Å². The van der Waals surface area contributed by atoms with Crippen molar-refractivity contribution >= 4 is 0 Å². The molecule has 0 aliphatic heterocycles. The molecule has 1 aliphatic carbocycles. The van der Waals surface area contributed by atoms with Crippen molar-refractivity contribution in [2.75, 3.05) is 13.1 Å². The molecular formula is C12H25N. The van der Waals surface area contributed by atoms with E-state index in [2.05, 4.69) is 25.7 Å². The normalized spacial score (nSPS) is 28.6. The smallest absolute Gasteiger partial charge is 0.00978 e. The zero-order chi connectivity index (χ0) is 9.68. The first kappa shape index (κ1) is 11.0. The summed E-state index contributed by atoms with van der Waals surface area (Å²) in [5.74, 6) is 0.973. The van der Waals surface area contributed by atoms with Gasteiger partial charge < -0.3 is 4.90 Å². The first-order valence-corrected chi connectivity index (χ1v) is 6.02. The third-order valence-corrected chi connectivity index (χ3v) is 3.21. The zero-order valence-electron chi connectivity index (χ0n) is 9.55. The lowest BCUT2D eigenvalue weighted by Crippen LogP contribution is -2.34. The van der Waals surface area contributed by atoms with Crippen LogP contribution in [0.3, 0.4) is 0 Å². The van der Waals surface area contributed by atoms with Crippen LogP contribution in [0.25, 0.3) is 0 Å². The average molecular weight is 183 g/mol. The Balaban J connectivity index is 2.35. The summed E-state index contributed by atoms with van der Waals surface area (Å²) < 4.78 is 0. The van der Waals surface area contributed by atoms with Gasteiger partial charge in [-0.05, 0) is 51.1 Å². The van der Waals surface area contributed by atoms with Crippen molar-refractivity contribution in [3.8, 4) is 0 Å². The monoisotopic (exact) mass is 183 g/mol. The van der Waals surface area contributed by atoms with Gasteiger partial charge in [0.1, 0.15) is 0 Å². The van der Waals surface area contributed by atoms with Crippen molar-refractivity contribution in [1.82, 2.24) is 4.90 Å². The largest absolute Gasteiger partial charge is 0.300 e. The Kier molecular flexibility index (Phi) is 4.79. The van der Waals surface area contributed by atoms with Crippen LogP contribution in [0.2, 0.25) is 0 Å². The van der Waals surface area contributed by atoms with Crippen LogP contribution < -0.4 is 0 Å². The maximum Gasteiger partial charge on any atom is 0.00978 e. The highest BCUT2D eigenvalue weighted by molar-refractivity contribution is 4.80. The molecule has 2 atom stereocenters. The second kappa shape index (κ2) is 5.64. The molecule has 0 heterocycles. The van der Waals surface area contributed by atoms with E-state index in [1.54, 1.807) is 0 Å². The Hall–Kier alpha value is -0.0400. The summed E-state index contributed by atoms with van der Waals surface area (Å²) in [6.07, 6.45) is 6.96. The predicted molar refractivity (Wildman–Crippen MR) is 59.0 cm³/mol. The fraction of sp³-hybridized carbons (Fsp3) is 1.00. The standard InChI is InChI=1S/C12H25N/c1-4-8-13(9-5-2)12-7-6-11(3)10-12/h11-12H,4-10H2,1-3H3. The lowest BCUT2D eigenvalue weighted by Gasteiger charge is -2.28. The molecule has 13 heavy (non-hydrogen) atoms. The van der Waals surface area contributed by atoms with Gasteiger partial charge in [-0.3, -0.25) is 0 Å². The van der Waals surface area contributed by atoms with Crippen molar-refractivity contribution in [1.29, 1.82) is 0 Å².